The Kier molecular flexibility index (Phi) is 6.49. The third-order valence-electron chi connectivity index (χ3n) is 5.75. The van der Waals surface area contributed by atoms with E-state index in [4.69, 9.17) is 0 Å². The van der Waals surface area contributed by atoms with Gasteiger partial charge in [-0.1, -0.05) is 43.3 Å². The molecule has 1 aromatic carbocycles. The number of nitrogens with one attached hydrogen (secondary N) is 1. The van der Waals surface area contributed by atoms with Gasteiger partial charge in [0.25, 0.3) is 5.91 Å². The van der Waals surface area contributed by atoms with E-state index in [1.165, 1.54) is 5.56 Å². The Balaban J connectivity index is 1.30. The lowest BCUT2D eigenvalue weighted by Crippen LogP contribution is -2.29. The van der Waals surface area contributed by atoms with Crippen LogP contribution in [-0.2, 0) is 19.5 Å². The van der Waals surface area contributed by atoms with E-state index in [0.29, 0.717) is 18.2 Å². The molecule has 0 radical (unpaired) electrons. The van der Waals surface area contributed by atoms with Gasteiger partial charge >= 0.3 is 0 Å². The van der Waals surface area contributed by atoms with Crippen molar-refractivity contribution in [1.29, 1.82) is 0 Å². The zero-order valence-electron chi connectivity index (χ0n) is 17.4. The van der Waals surface area contributed by atoms with E-state index in [-0.39, 0.29) is 5.91 Å². The van der Waals surface area contributed by atoms with Crippen molar-refractivity contribution >= 4 is 5.91 Å². The van der Waals surface area contributed by atoms with Crippen LogP contribution in [0.3, 0.4) is 0 Å². The SMILES string of the molecule is CC(CCN1CCc2nnc(CNC(=O)c3ccccn3)n2CC1)c1ccccc1. The molecule has 0 bridgehead atoms. The number of amides is 1. The van der Waals surface area contributed by atoms with Crippen LogP contribution in [0.2, 0.25) is 0 Å². The topological polar surface area (TPSA) is 75.9 Å². The van der Waals surface area contributed by atoms with Crippen LogP contribution in [0.4, 0.5) is 0 Å². The van der Waals surface area contributed by atoms with Gasteiger partial charge in [-0.25, -0.2) is 0 Å². The number of hydrogen-bond acceptors (Lipinski definition) is 5. The fraction of sp³-hybridized carbons (Fsp3) is 0.391. The number of pyridine rings is 1. The summed E-state index contributed by atoms with van der Waals surface area (Å²) in [6.07, 6.45) is 3.63. The Labute approximate surface area is 177 Å². The lowest BCUT2D eigenvalue weighted by Gasteiger charge is -2.22. The maximum absolute atomic E-state index is 12.3. The van der Waals surface area contributed by atoms with E-state index < -0.39 is 0 Å². The quantitative estimate of drug-likeness (QED) is 0.655. The minimum absolute atomic E-state index is 0.196. The number of benzene rings is 1. The second kappa shape index (κ2) is 9.63. The van der Waals surface area contributed by atoms with E-state index in [1.54, 1.807) is 24.4 Å². The zero-order chi connectivity index (χ0) is 20.8. The second-order valence-corrected chi connectivity index (χ2v) is 7.77. The van der Waals surface area contributed by atoms with Crippen molar-refractivity contribution in [3.8, 4) is 0 Å². The number of carbonyl (C=O) groups excluding carboxylic acids is 1. The van der Waals surface area contributed by atoms with Crippen molar-refractivity contribution in [2.45, 2.75) is 38.8 Å². The molecule has 0 fully saturated rings. The number of aromatic nitrogens is 4. The summed E-state index contributed by atoms with van der Waals surface area (Å²) >= 11 is 0. The maximum Gasteiger partial charge on any atom is 0.270 e. The highest BCUT2D eigenvalue weighted by Crippen LogP contribution is 2.19. The van der Waals surface area contributed by atoms with E-state index in [0.717, 1.165) is 50.7 Å². The molecule has 0 aliphatic carbocycles. The molecule has 3 heterocycles. The van der Waals surface area contributed by atoms with Crippen LogP contribution >= 0.6 is 0 Å². The Bertz CT molecular complexity index is 956. The number of hydrogen-bond donors (Lipinski definition) is 1. The van der Waals surface area contributed by atoms with Crippen molar-refractivity contribution in [2.24, 2.45) is 0 Å². The van der Waals surface area contributed by atoms with Crippen LogP contribution in [0.15, 0.2) is 54.7 Å². The van der Waals surface area contributed by atoms with E-state index in [2.05, 4.69) is 67.2 Å². The Hall–Kier alpha value is -3.06. The standard InChI is InChI=1S/C23H28N6O/c1-18(19-7-3-2-4-8-19)10-13-28-14-11-21-26-27-22(29(21)16-15-28)17-25-23(30)20-9-5-6-12-24-20/h2-9,12,18H,10-11,13-17H2,1H3,(H,25,30). The molecular weight excluding hydrogens is 376 g/mol. The van der Waals surface area contributed by atoms with Crippen molar-refractivity contribution in [1.82, 2.24) is 30.0 Å². The summed E-state index contributed by atoms with van der Waals surface area (Å²) < 4.78 is 2.15. The number of carbonyl (C=O) groups is 1. The summed E-state index contributed by atoms with van der Waals surface area (Å²) in [6.45, 7) is 6.52. The van der Waals surface area contributed by atoms with Gasteiger partial charge in [0.15, 0.2) is 5.82 Å². The average molecular weight is 405 g/mol. The van der Waals surface area contributed by atoms with Gasteiger partial charge in [-0.15, -0.1) is 10.2 Å². The van der Waals surface area contributed by atoms with Crippen molar-refractivity contribution in [3.05, 3.63) is 77.6 Å². The molecule has 0 saturated heterocycles. The van der Waals surface area contributed by atoms with Gasteiger partial charge in [0, 0.05) is 32.3 Å². The monoisotopic (exact) mass is 404 g/mol. The lowest BCUT2D eigenvalue weighted by molar-refractivity contribution is 0.0944. The van der Waals surface area contributed by atoms with Crippen LogP contribution in [-0.4, -0.2) is 50.2 Å². The van der Waals surface area contributed by atoms with Crippen molar-refractivity contribution < 1.29 is 4.79 Å². The molecule has 1 amide bonds. The summed E-state index contributed by atoms with van der Waals surface area (Å²) in [5.74, 6) is 2.15. The van der Waals surface area contributed by atoms with Crippen molar-refractivity contribution in [3.63, 3.8) is 0 Å². The Morgan fingerprint density at radius 2 is 1.90 bits per heavy atom. The van der Waals surface area contributed by atoms with Gasteiger partial charge in [0.2, 0.25) is 0 Å². The maximum atomic E-state index is 12.3. The molecule has 0 saturated carbocycles. The van der Waals surface area contributed by atoms with Crippen LogP contribution in [0.5, 0.6) is 0 Å². The fourth-order valence-electron chi connectivity index (χ4n) is 3.85. The molecule has 3 aromatic rings. The van der Waals surface area contributed by atoms with E-state index in [9.17, 15) is 4.79 Å². The highest BCUT2D eigenvalue weighted by atomic mass is 16.1. The third kappa shape index (κ3) is 4.91. The number of rotatable bonds is 7. The number of fused-ring (bicyclic) bond motifs is 1. The molecule has 4 rings (SSSR count). The molecule has 30 heavy (non-hydrogen) atoms. The molecule has 7 heteroatoms. The lowest BCUT2D eigenvalue weighted by atomic mass is 9.98. The molecule has 0 spiro atoms. The van der Waals surface area contributed by atoms with Crippen LogP contribution in [0.1, 0.15) is 47.0 Å². The highest BCUT2D eigenvalue weighted by molar-refractivity contribution is 5.92. The Morgan fingerprint density at radius 1 is 1.07 bits per heavy atom. The number of nitrogens with zero attached hydrogens (tertiary/aromatic N) is 5. The van der Waals surface area contributed by atoms with Gasteiger partial charge in [-0.3, -0.25) is 9.78 Å². The first-order valence-electron chi connectivity index (χ1n) is 10.6. The third-order valence-corrected chi connectivity index (χ3v) is 5.75. The summed E-state index contributed by atoms with van der Waals surface area (Å²) in [6, 6.07) is 16.0. The Morgan fingerprint density at radius 3 is 2.70 bits per heavy atom. The molecule has 1 aliphatic rings. The molecule has 1 aliphatic heterocycles. The molecule has 1 N–H and O–H groups in total. The van der Waals surface area contributed by atoms with Crippen molar-refractivity contribution in [2.75, 3.05) is 19.6 Å². The van der Waals surface area contributed by atoms with Crippen LogP contribution in [0, 0.1) is 0 Å². The van der Waals surface area contributed by atoms with Gasteiger partial charge in [-0.2, -0.15) is 0 Å². The molecule has 7 nitrogen and oxygen atoms in total. The molecule has 156 valence electrons. The summed E-state index contributed by atoms with van der Waals surface area (Å²) in [4.78, 5) is 18.8. The van der Waals surface area contributed by atoms with Crippen LogP contribution in [0.25, 0.3) is 0 Å². The van der Waals surface area contributed by atoms with Gasteiger partial charge in [0.05, 0.1) is 6.54 Å². The molecule has 1 atom stereocenters. The van der Waals surface area contributed by atoms with E-state index in [1.807, 2.05) is 0 Å². The minimum atomic E-state index is -0.196. The largest absolute Gasteiger partial charge is 0.343 e. The van der Waals surface area contributed by atoms with Crippen LogP contribution < -0.4 is 5.32 Å². The molecule has 2 aromatic heterocycles. The molecular formula is C23H28N6O. The van der Waals surface area contributed by atoms with Gasteiger partial charge in [-0.05, 0) is 36.6 Å². The minimum Gasteiger partial charge on any atom is -0.343 e. The normalized spacial score (nSPS) is 15.2. The van der Waals surface area contributed by atoms with Gasteiger partial charge < -0.3 is 14.8 Å². The summed E-state index contributed by atoms with van der Waals surface area (Å²) in [5.41, 5.74) is 1.81. The predicted octanol–water partition coefficient (Wildman–Crippen LogP) is 2.66. The summed E-state index contributed by atoms with van der Waals surface area (Å²) in [5, 5.41) is 11.6. The first-order valence-corrected chi connectivity index (χ1v) is 10.6. The molecule has 1 unspecified atom stereocenters. The van der Waals surface area contributed by atoms with E-state index >= 15 is 0 Å². The highest BCUT2D eigenvalue weighted by Gasteiger charge is 2.19. The van der Waals surface area contributed by atoms with Gasteiger partial charge in [0.1, 0.15) is 11.5 Å². The summed E-state index contributed by atoms with van der Waals surface area (Å²) in [7, 11) is 0. The zero-order valence-corrected chi connectivity index (χ0v) is 17.4. The second-order valence-electron chi connectivity index (χ2n) is 7.77. The first kappa shape index (κ1) is 20.2. The smallest absolute Gasteiger partial charge is 0.270 e. The fourth-order valence-corrected chi connectivity index (χ4v) is 3.85. The first-order chi connectivity index (χ1) is 14.7. The predicted molar refractivity (Wildman–Crippen MR) is 115 cm³/mol. The average Bonchev–Trinajstić information content (AvgIpc) is 3.07.